The molecule has 0 radical (unpaired) electrons. The van der Waals surface area contributed by atoms with Gasteiger partial charge in [0, 0.05) is 19.5 Å². The van der Waals surface area contributed by atoms with Crippen molar-refractivity contribution in [3.63, 3.8) is 0 Å². The van der Waals surface area contributed by atoms with Crippen molar-refractivity contribution in [3.05, 3.63) is 0 Å². The fourth-order valence-corrected chi connectivity index (χ4v) is 1.99. The summed E-state index contributed by atoms with van der Waals surface area (Å²) in [4.78, 5) is 13.9. The molecule has 0 heterocycles. The van der Waals surface area contributed by atoms with Gasteiger partial charge in [0.15, 0.2) is 0 Å². The van der Waals surface area contributed by atoms with E-state index in [4.69, 9.17) is 0 Å². The van der Waals surface area contributed by atoms with E-state index in [0.717, 1.165) is 18.9 Å². The van der Waals surface area contributed by atoms with Crippen LogP contribution in [0, 0.1) is 17.8 Å². The van der Waals surface area contributed by atoms with Crippen LogP contribution in [0.3, 0.4) is 0 Å². The van der Waals surface area contributed by atoms with Gasteiger partial charge in [-0.15, -0.1) is 0 Å². The van der Waals surface area contributed by atoms with Crippen LogP contribution >= 0.6 is 0 Å². The minimum absolute atomic E-state index is 0.221. The average molecular weight is 197 g/mol. The van der Waals surface area contributed by atoms with Crippen LogP contribution in [0.5, 0.6) is 0 Å². The Balaban J connectivity index is 2.42. The van der Waals surface area contributed by atoms with Crippen LogP contribution in [0.4, 0.5) is 0 Å². The van der Waals surface area contributed by atoms with Crippen LogP contribution < -0.4 is 0 Å². The van der Waals surface area contributed by atoms with Gasteiger partial charge in [-0.2, -0.15) is 0 Å². The van der Waals surface area contributed by atoms with Crippen molar-refractivity contribution < 1.29 is 4.79 Å². The van der Waals surface area contributed by atoms with Gasteiger partial charge in [0.05, 0.1) is 0 Å². The molecule has 0 bridgehead atoms. The van der Waals surface area contributed by atoms with Crippen molar-refractivity contribution in [2.45, 2.75) is 40.0 Å². The summed E-state index contributed by atoms with van der Waals surface area (Å²) in [5.41, 5.74) is 0. The third-order valence-electron chi connectivity index (χ3n) is 3.17. The predicted octanol–water partition coefficient (Wildman–Crippen LogP) is 2.54. The Bertz CT molecular complexity index is 196. The predicted molar refractivity (Wildman–Crippen MR) is 59.0 cm³/mol. The van der Waals surface area contributed by atoms with Gasteiger partial charge in [0.1, 0.15) is 0 Å². The maximum atomic E-state index is 12.0. The lowest BCUT2D eigenvalue weighted by Crippen LogP contribution is -2.36. The van der Waals surface area contributed by atoms with E-state index in [1.54, 1.807) is 0 Å². The zero-order valence-electron chi connectivity index (χ0n) is 9.92. The Morgan fingerprint density at radius 3 is 2.36 bits per heavy atom. The molecule has 2 nitrogen and oxygen atoms in total. The fraction of sp³-hybridized carbons (Fsp3) is 0.917. The maximum absolute atomic E-state index is 12.0. The van der Waals surface area contributed by atoms with E-state index in [9.17, 15) is 4.79 Å². The summed E-state index contributed by atoms with van der Waals surface area (Å²) in [7, 11) is 1.95. The molecule has 1 rings (SSSR count). The highest BCUT2D eigenvalue weighted by atomic mass is 16.2. The Morgan fingerprint density at radius 2 is 2.00 bits per heavy atom. The molecule has 1 amide bonds. The van der Waals surface area contributed by atoms with Crippen LogP contribution in [0.15, 0.2) is 0 Å². The number of rotatable bonds is 5. The van der Waals surface area contributed by atoms with E-state index in [0.29, 0.717) is 11.8 Å². The van der Waals surface area contributed by atoms with Gasteiger partial charge in [0.25, 0.3) is 0 Å². The van der Waals surface area contributed by atoms with Gasteiger partial charge in [-0.3, -0.25) is 4.79 Å². The maximum Gasteiger partial charge on any atom is 0.225 e. The summed E-state index contributed by atoms with van der Waals surface area (Å²) in [6.07, 6.45) is 3.59. The summed E-state index contributed by atoms with van der Waals surface area (Å²) in [6.45, 7) is 7.35. The monoisotopic (exact) mass is 197 g/mol. The van der Waals surface area contributed by atoms with Gasteiger partial charge in [0.2, 0.25) is 5.91 Å². The molecule has 0 saturated heterocycles. The first-order valence-electron chi connectivity index (χ1n) is 5.81. The fourth-order valence-electron chi connectivity index (χ4n) is 1.99. The molecule has 0 N–H and O–H groups in total. The third-order valence-corrected chi connectivity index (χ3v) is 3.17. The molecule has 1 unspecified atom stereocenters. The molecule has 1 aliphatic rings. The van der Waals surface area contributed by atoms with E-state index in [1.165, 1.54) is 12.8 Å². The van der Waals surface area contributed by atoms with Gasteiger partial charge >= 0.3 is 0 Å². The van der Waals surface area contributed by atoms with E-state index < -0.39 is 0 Å². The number of amides is 1. The highest BCUT2D eigenvalue weighted by Gasteiger charge is 2.28. The number of hydrogen-bond acceptors (Lipinski definition) is 1. The molecule has 0 aromatic heterocycles. The molecule has 1 aliphatic carbocycles. The van der Waals surface area contributed by atoms with E-state index >= 15 is 0 Å². The Morgan fingerprint density at radius 1 is 1.43 bits per heavy atom. The molecular weight excluding hydrogens is 174 g/mol. The zero-order valence-corrected chi connectivity index (χ0v) is 9.92. The van der Waals surface area contributed by atoms with Crippen molar-refractivity contribution in [1.29, 1.82) is 0 Å². The Hall–Kier alpha value is -0.530. The van der Waals surface area contributed by atoms with Crippen LogP contribution in [0.25, 0.3) is 0 Å². The first kappa shape index (κ1) is 11.5. The van der Waals surface area contributed by atoms with Gasteiger partial charge < -0.3 is 4.90 Å². The first-order chi connectivity index (χ1) is 6.56. The normalized spacial score (nSPS) is 18.4. The molecule has 1 atom stereocenters. The van der Waals surface area contributed by atoms with Crippen LogP contribution in [-0.2, 0) is 4.79 Å². The molecule has 1 fully saturated rings. The molecule has 0 aromatic carbocycles. The van der Waals surface area contributed by atoms with Crippen molar-refractivity contribution in [1.82, 2.24) is 4.90 Å². The van der Waals surface area contributed by atoms with Crippen molar-refractivity contribution in [2.75, 3.05) is 13.6 Å². The lowest BCUT2D eigenvalue weighted by Gasteiger charge is -2.25. The SMILES string of the molecule is CCC(C(=O)N(C)CC1CC1)C(C)C. The van der Waals surface area contributed by atoms with Gasteiger partial charge in [-0.1, -0.05) is 20.8 Å². The minimum Gasteiger partial charge on any atom is -0.345 e. The summed E-state index contributed by atoms with van der Waals surface area (Å²) >= 11 is 0. The molecule has 0 spiro atoms. The second-order valence-electron chi connectivity index (χ2n) is 4.92. The summed E-state index contributed by atoms with van der Waals surface area (Å²) in [5, 5.41) is 0. The van der Waals surface area contributed by atoms with Gasteiger partial charge in [-0.25, -0.2) is 0 Å². The summed E-state index contributed by atoms with van der Waals surface area (Å²) in [5.74, 6) is 1.83. The molecule has 0 aromatic rings. The first-order valence-corrected chi connectivity index (χ1v) is 5.81. The molecule has 2 heteroatoms. The number of carbonyl (C=O) groups excluding carboxylic acids is 1. The minimum atomic E-state index is 0.221. The molecule has 82 valence electrons. The standard InChI is InChI=1S/C12H23NO/c1-5-11(9(2)3)12(14)13(4)8-10-6-7-10/h9-11H,5-8H2,1-4H3. The molecular formula is C12H23NO. The summed E-state index contributed by atoms with van der Waals surface area (Å²) < 4.78 is 0. The quantitative estimate of drug-likeness (QED) is 0.663. The lowest BCUT2D eigenvalue weighted by molar-refractivity contribution is -0.135. The second kappa shape index (κ2) is 4.81. The largest absolute Gasteiger partial charge is 0.345 e. The van der Waals surface area contributed by atoms with Crippen molar-refractivity contribution in [3.8, 4) is 0 Å². The number of carbonyl (C=O) groups is 1. The highest BCUT2D eigenvalue weighted by molar-refractivity contribution is 5.78. The van der Waals surface area contributed by atoms with Crippen molar-refractivity contribution in [2.24, 2.45) is 17.8 Å². The summed E-state index contributed by atoms with van der Waals surface area (Å²) in [6, 6.07) is 0. The molecule has 14 heavy (non-hydrogen) atoms. The second-order valence-corrected chi connectivity index (χ2v) is 4.92. The Kier molecular flexibility index (Phi) is 3.97. The Labute approximate surface area is 87.7 Å². The third kappa shape index (κ3) is 3.00. The van der Waals surface area contributed by atoms with E-state index in [1.807, 2.05) is 11.9 Å². The average Bonchev–Trinajstić information content (AvgIpc) is 2.88. The zero-order chi connectivity index (χ0) is 10.7. The number of nitrogens with zero attached hydrogens (tertiary/aromatic N) is 1. The van der Waals surface area contributed by atoms with Crippen LogP contribution in [-0.4, -0.2) is 24.4 Å². The van der Waals surface area contributed by atoms with E-state index in [2.05, 4.69) is 20.8 Å². The molecule has 1 saturated carbocycles. The number of hydrogen-bond donors (Lipinski definition) is 0. The smallest absolute Gasteiger partial charge is 0.225 e. The topological polar surface area (TPSA) is 20.3 Å². The van der Waals surface area contributed by atoms with Gasteiger partial charge in [-0.05, 0) is 31.1 Å². The van der Waals surface area contributed by atoms with Crippen LogP contribution in [0.1, 0.15) is 40.0 Å². The van der Waals surface area contributed by atoms with E-state index in [-0.39, 0.29) is 5.92 Å². The lowest BCUT2D eigenvalue weighted by atomic mass is 9.92. The highest BCUT2D eigenvalue weighted by Crippen LogP contribution is 2.30. The van der Waals surface area contributed by atoms with Crippen LogP contribution in [0.2, 0.25) is 0 Å². The van der Waals surface area contributed by atoms with Crippen molar-refractivity contribution >= 4 is 5.91 Å². The molecule has 0 aliphatic heterocycles.